The van der Waals surface area contributed by atoms with Gasteiger partial charge in [-0.15, -0.1) is 0 Å². The first-order valence-electron chi connectivity index (χ1n) is 6.74. The molecule has 2 heterocycles. The van der Waals surface area contributed by atoms with Crippen LogP contribution < -0.4 is 5.73 Å². The van der Waals surface area contributed by atoms with Crippen molar-refractivity contribution in [1.29, 1.82) is 0 Å². The zero-order valence-electron chi connectivity index (χ0n) is 11.8. The van der Waals surface area contributed by atoms with Crippen LogP contribution in [0.3, 0.4) is 0 Å². The number of aliphatic hydroxyl groups is 2. The standard InChI is InChI=1S/C10H16N4O4.C2H6/c11-8(17)3-7(16)10-12-5-14(13-10)9-2-1-6(4-15)18-9;1-2/h5-7,9,15-16H,1-4H2,(H2,11,17);1-2H3. The monoisotopic (exact) mass is 286 g/mol. The maximum absolute atomic E-state index is 10.7. The molecule has 1 aliphatic rings. The molecule has 8 heteroatoms. The number of hydrogen-bond acceptors (Lipinski definition) is 6. The van der Waals surface area contributed by atoms with Crippen LogP contribution in [0.1, 0.15) is 51.3 Å². The van der Waals surface area contributed by atoms with E-state index in [0.29, 0.717) is 0 Å². The van der Waals surface area contributed by atoms with Crippen molar-refractivity contribution >= 4 is 5.91 Å². The summed E-state index contributed by atoms with van der Waals surface area (Å²) < 4.78 is 6.99. The van der Waals surface area contributed by atoms with Crippen LogP contribution in [0.25, 0.3) is 0 Å². The Balaban J connectivity index is 0.000000956. The van der Waals surface area contributed by atoms with E-state index in [-0.39, 0.29) is 31.2 Å². The second-order valence-corrected chi connectivity index (χ2v) is 4.24. The Kier molecular flexibility index (Phi) is 6.56. The molecule has 1 amide bonds. The Morgan fingerprint density at radius 3 is 2.85 bits per heavy atom. The molecule has 0 radical (unpaired) electrons. The zero-order valence-corrected chi connectivity index (χ0v) is 11.8. The van der Waals surface area contributed by atoms with Crippen molar-refractivity contribution in [3.63, 3.8) is 0 Å². The van der Waals surface area contributed by atoms with Gasteiger partial charge >= 0.3 is 0 Å². The Morgan fingerprint density at radius 1 is 1.60 bits per heavy atom. The van der Waals surface area contributed by atoms with E-state index in [1.165, 1.54) is 11.0 Å². The van der Waals surface area contributed by atoms with Gasteiger partial charge in [-0.2, -0.15) is 5.10 Å². The number of rotatable bonds is 5. The van der Waals surface area contributed by atoms with Crippen LogP contribution in [0.4, 0.5) is 0 Å². The molecule has 3 unspecified atom stereocenters. The lowest BCUT2D eigenvalue weighted by Gasteiger charge is -2.11. The maximum atomic E-state index is 10.7. The highest BCUT2D eigenvalue weighted by molar-refractivity contribution is 5.74. The Morgan fingerprint density at radius 2 is 2.30 bits per heavy atom. The third kappa shape index (κ3) is 4.26. The number of amides is 1. The van der Waals surface area contributed by atoms with Gasteiger partial charge in [0.15, 0.2) is 12.1 Å². The van der Waals surface area contributed by atoms with Crippen LogP contribution in [0, 0.1) is 0 Å². The van der Waals surface area contributed by atoms with Gasteiger partial charge in [0.25, 0.3) is 0 Å². The maximum Gasteiger partial charge on any atom is 0.220 e. The fourth-order valence-corrected chi connectivity index (χ4v) is 1.88. The van der Waals surface area contributed by atoms with Crippen molar-refractivity contribution in [3.8, 4) is 0 Å². The van der Waals surface area contributed by atoms with Gasteiger partial charge in [0.2, 0.25) is 5.91 Å². The average molecular weight is 286 g/mol. The number of ether oxygens (including phenoxy) is 1. The van der Waals surface area contributed by atoms with Gasteiger partial charge < -0.3 is 20.7 Å². The third-order valence-corrected chi connectivity index (χ3v) is 2.80. The van der Waals surface area contributed by atoms with E-state index in [0.717, 1.165) is 12.8 Å². The molecule has 0 aromatic carbocycles. The third-order valence-electron chi connectivity index (χ3n) is 2.80. The van der Waals surface area contributed by atoms with E-state index >= 15 is 0 Å². The number of carbonyl (C=O) groups excluding carboxylic acids is 1. The topological polar surface area (TPSA) is 123 Å². The van der Waals surface area contributed by atoms with Gasteiger partial charge in [0.05, 0.1) is 19.1 Å². The lowest BCUT2D eigenvalue weighted by Crippen LogP contribution is -2.17. The first kappa shape index (κ1) is 16.5. The minimum absolute atomic E-state index is 0.0254. The molecule has 4 N–H and O–H groups in total. The van der Waals surface area contributed by atoms with Crippen LogP contribution in [-0.4, -0.2) is 43.6 Å². The predicted molar refractivity (Wildman–Crippen MR) is 70.4 cm³/mol. The molecule has 1 fully saturated rings. The molecule has 3 atom stereocenters. The van der Waals surface area contributed by atoms with Crippen LogP contribution in [0.15, 0.2) is 6.33 Å². The van der Waals surface area contributed by atoms with Crippen molar-refractivity contribution in [1.82, 2.24) is 14.8 Å². The Bertz CT molecular complexity index is 423. The molecule has 1 aliphatic heterocycles. The molecule has 0 saturated carbocycles. The first-order valence-corrected chi connectivity index (χ1v) is 6.74. The van der Waals surface area contributed by atoms with Gasteiger partial charge in [0.1, 0.15) is 12.4 Å². The highest BCUT2D eigenvalue weighted by Gasteiger charge is 2.27. The summed E-state index contributed by atoms with van der Waals surface area (Å²) in [7, 11) is 0. The molecule has 114 valence electrons. The summed E-state index contributed by atoms with van der Waals surface area (Å²) in [4.78, 5) is 14.6. The van der Waals surface area contributed by atoms with Crippen molar-refractivity contribution in [2.45, 2.75) is 51.5 Å². The molecule has 2 rings (SSSR count). The van der Waals surface area contributed by atoms with Crippen molar-refractivity contribution in [3.05, 3.63) is 12.2 Å². The number of carbonyl (C=O) groups is 1. The minimum Gasteiger partial charge on any atom is -0.394 e. The van der Waals surface area contributed by atoms with E-state index in [1.807, 2.05) is 13.8 Å². The van der Waals surface area contributed by atoms with Crippen LogP contribution in [0.5, 0.6) is 0 Å². The highest BCUT2D eigenvalue weighted by atomic mass is 16.5. The van der Waals surface area contributed by atoms with E-state index in [2.05, 4.69) is 10.1 Å². The summed E-state index contributed by atoms with van der Waals surface area (Å²) >= 11 is 0. The number of primary amides is 1. The van der Waals surface area contributed by atoms with E-state index in [9.17, 15) is 9.90 Å². The smallest absolute Gasteiger partial charge is 0.220 e. The zero-order chi connectivity index (χ0) is 15.1. The summed E-state index contributed by atoms with van der Waals surface area (Å²) in [6, 6.07) is 0. The number of nitrogens with zero attached hydrogens (tertiary/aromatic N) is 3. The van der Waals surface area contributed by atoms with Gasteiger partial charge in [-0.1, -0.05) is 13.8 Å². The van der Waals surface area contributed by atoms with Gasteiger partial charge in [-0.05, 0) is 12.8 Å². The number of aromatic nitrogens is 3. The molecular weight excluding hydrogens is 264 g/mol. The average Bonchev–Trinajstić information content (AvgIpc) is 3.09. The highest BCUT2D eigenvalue weighted by Crippen LogP contribution is 2.27. The fourth-order valence-electron chi connectivity index (χ4n) is 1.88. The summed E-state index contributed by atoms with van der Waals surface area (Å²) in [6.45, 7) is 3.97. The molecule has 20 heavy (non-hydrogen) atoms. The summed E-state index contributed by atoms with van der Waals surface area (Å²) in [5.74, 6) is -0.471. The van der Waals surface area contributed by atoms with Gasteiger partial charge in [-0.3, -0.25) is 4.79 Å². The van der Waals surface area contributed by atoms with Crippen molar-refractivity contribution in [2.75, 3.05) is 6.61 Å². The van der Waals surface area contributed by atoms with E-state index in [1.54, 1.807) is 0 Å². The molecule has 1 aromatic rings. The molecule has 0 spiro atoms. The van der Waals surface area contributed by atoms with Crippen molar-refractivity contribution < 1.29 is 19.7 Å². The molecule has 1 aromatic heterocycles. The van der Waals surface area contributed by atoms with E-state index in [4.69, 9.17) is 15.6 Å². The number of aliphatic hydroxyl groups excluding tert-OH is 2. The Labute approximate surface area is 117 Å². The lowest BCUT2D eigenvalue weighted by atomic mass is 10.2. The minimum atomic E-state index is -1.10. The quantitative estimate of drug-likeness (QED) is 0.693. The normalized spacial score (nSPS) is 23.0. The predicted octanol–water partition coefficient (Wildman–Crippen LogP) is -0.117. The number of hydrogen-bond donors (Lipinski definition) is 3. The second-order valence-electron chi connectivity index (χ2n) is 4.24. The fraction of sp³-hybridized carbons (Fsp3) is 0.750. The summed E-state index contributed by atoms with van der Waals surface area (Å²) in [6.07, 6.45) is 1.12. The van der Waals surface area contributed by atoms with Gasteiger partial charge in [0, 0.05) is 0 Å². The summed E-state index contributed by atoms with van der Waals surface area (Å²) in [5, 5.41) is 22.6. The van der Waals surface area contributed by atoms with Crippen LogP contribution in [0.2, 0.25) is 0 Å². The molecule has 0 aliphatic carbocycles. The van der Waals surface area contributed by atoms with Crippen molar-refractivity contribution in [2.24, 2.45) is 5.73 Å². The number of nitrogens with two attached hydrogens (primary N) is 1. The van der Waals surface area contributed by atoms with Crippen LogP contribution in [-0.2, 0) is 9.53 Å². The molecule has 0 bridgehead atoms. The first-order chi connectivity index (χ1) is 9.60. The van der Waals surface area contributed by atoms with Crippen LogP contribution >= 0.6 is 0 Å². The van der Waals surface area contributed by atoms with E-state index < -0.39 is 12.0 Å². The molecule has 8 nitrogen and oxygen atoms in total. The summed E-state index contributed by atoms with van der Waals surface area (Å²) in [5.41, 5.74) is 4.98. The second kappa shape index (κ2) is 7.93. The SMILES string of the molecule is CC.NC(=O)CC(O)c1ncn(C2CCC(CO)O2)n1. The molecular formula is C12H22N4O4. The molecule has 1 saturated heterocycles. The lowest BCUT2D eigenvalue weighted by molar-refractivity contribution is -0.120. The Hall–Kier alpha value is -1.51. The van der Waals surface area contributed by atoms with Gasteiger partial charge in [-0.25, -0.2) is 9.67 Å². The largest absolute Gasteiger partial charge is 0.394 e.